The van der Waals surface area contributed by atoms with Gasteiger partial charge < -0.3 is 25.2 Å². The number of aromatic nitrogens is 5. The van der Waals surface area contributed by atoms with E-state index in [-0.39, 0.29) is 5.91 Å². The van der Waals surface area contributed by atoms with Crippen molar-refractivity contribution in [1.29, 1.82) is 0 Å². The summed E-state index contributed by atoms with van der Waals surface area (Å²) >= 11 is 0. The largest absolute Gasteiger partial charge is 0.494 e. The third kappa shape index (κ3) is 4.95. The molecule has 2 aromatic carbocycles. The number of nitrogens with one attached hydrogen (secondary N) is 2. The normalized spacial score (nSPS) is 11.4. The van der Waals surface area contributed by atoms with Gasteiger partial charge in [-0.1, -0.05) is 6.58 Å². The first-order valence-electron chi connectivity index (χ1n) is 11.6. The van der Waals surface area contributed by atoms with Crippen molar-refractivity contribution in [2.45, 2.75) is 19.4 Å². The highest BCUT2D eigenvalue weighted by Gasteiger charge is 2.22. The number of nitrogens with zero attached hydrogens (tertiary/aromatic N) is 5. The predicted molar refractivity (Wildman–Crippen MR) is 143 cm³/mol. The monoisotopic (exact) mass is 511 g/mol. The fourth-order valence-corrected chi connectivity index (χ4v) is 3.96. The Morgan fingerprint density at radius 3 is 2.63 bits per heavy atom. The van der Waals surface area contributed by atoms with Crippen LogP contribution in [0.3, 0.4) is 0 Å². The molecule has 192 valence electrons. The summed E-state index contributed by atoms with van der Waals surface area (Å²) in [4.78, 5) is 24.9. The SMILES string of the molecule is C=CC(=O)Nc1cc2c(Nc3ccc(Oc4ccn5ncnc5c4)cc3C(C)(C)O)ncnc2cc1OC. The minimum atomic E-state index is -1.21. The topological polar surface area (TPSA) is 136 Å². The predicted octanol–water partition coefficient (Wildman–Crippen LogP) is 4.57. The fraction of sp³-hybridized carbons (Fsp3) is 0.148. The Balaban J connectivity index is 1.51. The Morgan fingerprint density at radius 1 is 1.05 bits per heavy atom. The molecule has 38 heavy (non-hydrogen) atoms. The van der Waals surface area contributed by atoms with Crippen LogP contribution in [-0.4, -0.2) is 42.7 Å². The summed E-state index contributed by atoms with van der Waals surface area (Å²) in [5, 5.41) is 21.7. The van der Waals surface area contributed by atoms with Crippen molar-refractivity contribution in [3.8, 4) is 17.2 Å². The van der Waals surface area contributed by atoms with E-state index in [1.165, 1.54) is 25.8 Å². The lowest BCUT2D eigenvalue weighted by molar-refractivity contribution is -0.111. The van der Waals surface area contributed by atoms with Gasteiger partial charge in [-0.25, -0.2) is 19.5 Å². The van der Waals surface area contributed by atoms with E-state index < -0.39 is 5.60 Å². The summed E-state index contributed by atoms with van der Waals surface area (Å²) in [5.74, 6) is 1.65. The number of hydrogen-bond acceptors (Lipinski definition) is 9. The van der Waals surface area contributed by atoms with Gasteiger partial charge in [-0.15, -0.1) is 0 Å². The molecule has 0 aliphatic rings. The van der Waals surface area contributed by atoms with Crippen LogP contribution in [0.2, 0.25) is 0 Å². The first kappa shape index (κ1) is 24.7. The lowest BCUT2D eigenvalue weighted by Crippen LogP contribution is -2.18. The van der Waals surface area contributed by atoms with Gasteiger partial charge in [0.15, 0.2) is 5.65 Å². The third-order valence-electron chi connectivity index (χ3n) is 5.79. The smallest absolute Gasteiger partial charge is 0.247 e. The maximum absolute atomic E-state index is 12.0. The van der Waals surface area contributed by atoms with Crippen molar-refractivity contribution in [3.05, 3.63) is 79.5 Å². The van der Waals surface area contributed by atoms with Crippen molar-refractivity contribution in [2.24, 2.45) is 0 Å². The van der Waals surface area contributed by atoms with Crippen molar-refractivity contribution >= 4 is 39.6 Å². The van der Waals surface area contributed by atoms with Crippen LogP contribution in [0.4, 0.5) is 17.2 Å². The van der Waals surface area contributed by atoms with Crippen LogP contribution in [0, 0.1) is 0 Å². The van der Waals surface area contributed by atoms with Gasteiger partial charge in [-0.05, 0) is 50.3 Å². The number of pyridine rings is 1. The van der Waals surface area contributed by atoms with Gasteiger partial charge in [0.2, 0.25) is 5.91 Å². The Kier molecular flexibility index (Phi) is 6.35. The van der Waals surface area contributed by atoms with Crippen LogP contribution >= 0.6 is 0 Å². The summed E-state index contributed by atoms with van der Waals surface area (Å²) in [5.41, 5.74) is 1.68. The molecule has 3 heterocycles. The second-order valence-electron chi connectivity index (χ2n) is 8.90. The molecule has 3 N–H and O–H groups in total. The number of rotatable bonds is 8. The zero-order valence-electron chi connectivity index (χ0n) is 21.0. The van der Waals surface area contributed by atoms with Gasteiger partial charge in [0.05, 0.1) is 23.9 Å². The molecule has 11 nitrogen and oxygen atoms in total. The van der Waals surface area contributed by atoms with E-state index in [1.54, 1.807) is 67.0 Å². The van der Waals surface area contributed by atoms with Crippen LogP contribution in [-0.2, 0) is 10.4 Å². The third-order valence-corrected chi connectivity index (χ3v) is 5.79. The highest BCUT2D eigenvalue weighted by molar-refractivity contribution is 6.03. The van der Waals surface area contributed by atoms with E-state index in [1.807, 2.05) is 0 Å². The molecule has 11 heteroatoms. The number of anilines is 3. The van der Waals surface area contributed by atoms with Crippen molar-refractivity contribution in [1.82, 2.24) is 24.6 Å². The standard InChI is InChI=1S/C27H25N7O4/c1-5-25(35)32-22-12-18-21(13-23(22)37-4)28-14-30-26(18)33-20-7-6-16(10-19(20)27(2,3)36)38-17-8-9-34-24(11-17)29-15-31-34/h5-15,36H,1H2,2-4H3,(H,32,35)(H,28,30,33). The Bertz CT molecular complexity index is 1670. The van der Waals surface area contributed by atoms with Crippen molar-refractivity contribution in [2.75, 3.05) is 17.7 Å². The number of aliphatic hydroxyl groups is 1. The zero-order chi connectivity index (χ0) is 26.9. The van der Waals surface area contributed by atoms with Crippen LogP contribution in [0.5, 0.6) is 17.2 Å². The van der Waals surface area contributed by atoms with Gasteiger partial charge in [-0.2, -0.15) is 5.10 Å². The summed E-state index contributed by atoms with van der Waals surface area (Å²) in [6.07, 6.45) is 5.82. The van der Waals surface area contributed by atoms with Gasteiger partial charge >= 0.3 is 0 Å². The minimum absolute atomic E-state index is 0.378. The molecular weight excluding hydrogens is 486 g/mol. The first-order valence-corrected chi connectivity index (χ1v) is 11.6. The lowest BCUT2D eigenvalue weighted by Gasteiger charge is -2.23. The molecule has 0 spiro atoms. The fourth-order valence-electron chi connectivity index (χ4n) is 3.96. The van der Waals surface area contributed by atoms with Gasteiger partial charge in [0, 0.05) is 35.0 Å². The summed E-state index contributed by atoms with van der Waals surface area (Å²) in [7, 11) is 1.51. The lowest BCUT2D eigenvalue weighted by atomic mass is 9.96. The second-order valence-corrected chi connectivity index (χ2v) is 8.90. The highest BCUT2D eigenvalue weighted by atomic mass is 16.5. The maximum Gasteiger partial charge on any atom is 0.247 e. The highest BCUT2D eigenvalue weighted by Crippen LogP contribution is 2.37. The van der Waals surface area contributed by atoms with E-state index in [2.05, 4.69) is 37.3 Å². The van der Waals surface area contributed by atoms with Crippen LogP contribution in [0.25, 0.3) is 16.6 Å². The molecule has 5 rings (SSSR count). The molecule has 0 saturated heterocycles. The molecule has 0 bridgehead atoms. The average Bonchev–Trinajstić information content (AvgIpc) is 3.37. The van der Waals surface area contributed by atoms with Crippen molar-refractivity contribution in [3.63, 3.8) is 0 Å². The number of amides is 1. The van der Waals surface area contributed by atoms with Crippen LogP contribution in [0.1, 0.15) is 19.4 Å². The van der Waals surface area contributed by atoms with Crippen molar-refractivity contribution < 1.29 is 19.4 Å². The Hall–Kier alpha value is -5.03. The molecule has 3 aromatic heterocycles. The number of methoxy groups -OCH3 is 1. The molecule has 0 atom stereocenters. The zero-order valence-corrected chi connectivity index (χ0v) is 21.0. The number of ether oxygens (including phenoxy) is 2. The molecule has 0 saturated carbocycles. The minimum Gasteiger partial charge on any atom is -0.494 e. The maximum atomic E-state index is 12.0. The van der Waals surface area contributed by atoms with E-state index >= 15 is 0 Å². The van der Waals surface area contributed by atoms with E-state index in [0.717, 1.165) is 0 Å². The summed E-state index contributed by atoms with van der Waals surface area (Å²) < 4.78 is 13.1. The second kappa shape index (κ2) is 9.79. The number of hydrogen-bond donors (Lipinski definition) is 3. The molecule has 0 fully saturated rings. The molecule has 0 aliphatic heterocycles. The molecule has 0 radical (unpaired) electrons. The molecule has 0 unspecified atom stereocenters. The molecule has 0 aliphatic carbocycles. The quantitative estimate of drug-likeness (QED) is 0.256. The van der Waals surface area contributed by atoms with Gasteiger partial charge in [0.1, 0.15) is 35.7 Å². The van der Waals surface area contributed by atoms with E-state index in [9.17, 15) is 9.90 Å². The molecular formula is C27H25N7O4. The van der Waals surface area contributed by atoms with E-state index in [0.29, 0.717) is 56.6 Å². The summed E-state index contributed by atoms with van der Waals surface area (Å²) in [6.45, 7) is 6.87. The number of fused-ring (bicyclic) bond motifs is 2. The number of carbonyl (C=O) groups is 1. The van der Waals surface area contributed by atoms with E-state index in [4.69, 9.17) is 9.47 Å². The number of benzene rings is 2. The number of carbonyl (C=O) groups excluding carboxylic acids is 1. The van der Waals surface area contributed by atoms with Crippen LogP contribution in [0.15, 0.2) is 74.0 Å². The molecule has 5 aromatic rings. The summed E-state index contributed by atoms with van der Waals surface area (Å²) in [6, 6.07) is 12.3. The van der Waals surface area contributed by atoms with Gasteiger partial charge in [0.25, 0.3) is 0 Å². The first-order chi connectivity index (χ1) is 18.2. The Morgan fingerprint density at radius 2 is 1.87 bits per heavy atom. The molecule has 1 amide bonds. The van der Waals surface area contributed by atoms with Gasteiger partial charge in [-0.3, -0.25) is 4.79 Å². The average molecular weight is 512 g/mol. The van der Waals surface area contributed by atoms with Crippen LogP contribution < -0.4 is 20.1 Å². The Labute approximate surface area is 217 Å².